The summed E-state index contributed by atoms with van der Waals surface area (Å²) in [5.74, 6) is 0.438. The Morgan fingerprint density at radius 2 is 1.92 bits per heavy atom. The highest BCUT2D eigenvalue weighted by molar-refractivity contribution is 5.37. The smallest absolute Gasteiger partial charge is 0.165 e. The Balaban J connectivity index is 3.22. The molecule has 0 amide bonds. The van der Waals surface area contributed by atoms with Crippen molar-refractivity contribution in [2.75, 3.05) is 7.11 Å². The van der Waals surface area contributed by atoms with Crippen LogP contribution in [0.15, 0.2) is 12.1 Å². The van der Waals surface area contributed by atoms with Gasteiger partial charge in [0, 0.05) is 0 Å². The fraction of sp³-hybridized carbons (Fsp3) is 0.455. The summed E-state index contributed by atoms with van der Waals surface area (Å²) in [6, 6.07) is 3.30. The van der Waals surface area contributed by atoms with Crippen LogP contribution in [0.5, 0.6) is 5.75 Å². The lowest BCUT2D eigenvalue weighted by Crippen LogP contribution is -1.96. The van der Waals surface area contributed by atoms with Gasteiger partial charge in [0.05, 0.1) is 7.11 Å². The fourth-order valence-corrected chi connectivity index (χ4v) is 1.45. The van der Waals surface area contributed by atoms with E-state index < -0.39 is 0 Å². The third kappa shape index (κ3) is 2.00. The number of halogens is 1. The van der Waals surface area contributed by atoms with E-state index in [0.717, 1.165) is 11.1 Å². The summed E-state index contributed by atoms with van der Waals surface area (Å²) in [6.45, 7) is 6.08. The van der Waals surface area contributed by atoms with E-state index in [-0.39, 0.29) is 5.82 Å². The molecule has 0 radical (unpaired) electrons. The molecule has 0 atom stereocenters. The predicted octanol–water partition coefficient (Wildman–Crippen LogP) is 3.27. The second-order valence-corrected chi connectivity index (χ2v) is 3.50. The summed E-state index contributed by atoms with van der Waals surface area (Å²) in [4.78, 5) is 0. The Morgan fingerprint density at radius 3 is 2.38 bits per heavy atom. The van der Waals surface area contributed by atoms with Gasteiger partial charge in [-0.2, -0.15) is 0 Å². The molecule has 0 aliphatic rings. The number of hydrogen-bond donors (Lipinski definition) is 0. The number of aryl methyl sites for hydroxylation is 1. The highest BCUT2D eigenvalue weighted by Crippen LogP contribution is 2.26. The predicted molar refractivity (Wildman–Crippen MR) is 51.8 cm³/mol. The molecule has 0 bridgehead atoms. The van der Waals surface area contributed by atoms with Crippen molar-refractivity contribution in [1.82, 2.24) is 0 Å². The maximum Gasteiger partial charge on any atom is 0.165 e. The van der Waals surface area contributed by atoms with Crippen LogP contribution in [0.1, 0.15) is 30.9 Å². The van der Waals surface area contributed by atoms with Gasteiger partial charge in [-0.1, -0.05) is 13.8 Å². The van der Waals surface area contributed by atoms with Crippen molar-refractivity contribution in [3.8, 4) is 5.75 Å². The zero-order chi connectivity index (χ0) is 10.0. The molecular weight excluding hydrogens is 167 g/mol. The topological polar surface area (TPSA) is 9.23 Å². The molecule has 1 aromatic carbocycles. The van der Waals surface area contributed by atoms with E-state index in [0.29, 0.717) is 11.7 Å². The minimum atomic E-state index is -0.288. The zero-order valence-corrected chi connectivity index (χ0v) is 8.52. The number of hydrogen-bond acceptors (Lipinski definition) is 1. The van der Waals surface area contributed by atoms with E-state index in [1.54, 1.807) is 6.07 Å². The van der Waals surface area contributed by atoms with Crippen LogP contribution in [0.25, 0.3) is 0 Å². The Morgan fingerprint density at radius 1 is 1.31 bits per heavy atom. The monoisotopic (exact) mass is 182 g/mol. The Bertz CT molecular complexity index is 305. The number of rotatable bonds is 2. The summed E-state index contributed by atoms with van der Waals surface area (Å²) in [5.41, 5.74) is 2.12. The number of benzene rings is 1. The van der Waals surface area contributed by atoms with Gasteiger partial charge >= 0.3 is 0 Å². The van der Waals surface area contributed by atoms with Crippen LogP contribution in [-0.4, -0.2) is 7.11 Å². The standard InChI is InChI=1S/C11H15FO/c1-7(2)9-6-11(13-4)10(12)5-8(9)3/h5-7H,1-4H3. The van der Waals surface area contributed by atoms with Gasteiger partial charge in [-0.25, -0.2) is 4.39 Å². The van der Waals surface area contributed by atoms with Gasteiger partial charge in [-0.3, -0.25) is 0 Å². The van der Waals surface area contributed by atoms with Gasteiger partial charge in [-0.15, -0.1) is 0 Å². The maximum absolute atomic E-state index is 13.2. The third-order valence-electron chi connectivity index (χ3n) is 2.16. The molecule has 0 N–H and O–H groups in total. The van der Waals surface area contributed by atoms with Crippen molar-refractivity contribution in [2.45, 2.75) is 26.7 Å². The van der Waals surface area contributed by atoms with E-state index in [2.05, 4.69) is 13.8 Å². The van der Waals surface area contributed by atoms with Crippen molar-refractivity contribution >= 4 is 0 Å². The maximum atomic E-state index is 13.2. The molecule has 72 valence electrons. The van der Waals surface area contributed by atoms with Crippen LogP contribution in [0.4, 0.5) is 4.39 Å². The Labute approximate surface area is 78.5 Å². The van der Waals surface area contributed by atoms with Crippen LogP contribution >= 0.6 is 0 Å². The second-order valence-electron chi connectivity index (χ2n) is 3.50. The molecule has 0 saturated carbocycles. The van der Waals surface area contributed by atoms with Crippen LogP contribution in [0, 0.1) is 12.7 Å². The average molecular weight is 182 g/mol. The first-order valence-electron chi connectivity index (χ1n) is 4.40. The summed E-state index contributed by atoms with van der Waals surface area (Å²) >= 11 is 0. The summed E-state index contributed by atoms with van der Waals surface area (Å²) in [6.07, 6.45) is 0. The Hall–Kier alpha value is -1.05. The molecular formula is C11H15FO. The Kier molecular flexibility index (Phi) is 2.91. The lowest BCUT2D eigenvalue weighted by atomic mass is 9.98. The highest BCUT2D eigenvalue weighted by atomic mass is 19.1. The molecule has 0 aliphatic heterocycles. The largest absolute Gasteiger partial charge is 0.494 e. The van der Waals surface area contributed by atoms with Crippen molar-refractivity contribution in [2.24, 2.45) is 0 Å². The molecule has 2 heteroatoms. The van der Waals surface area contributed by atoms with Crippen LogP contribution in [0.3, 0.4) is 0 Å². The lowest BCUT2D eigenvalue weighted by molar-refractivity contribution is 0.385. The minimum absolute atomic E-state index is 0.288. The van der Waals surface area contributed by atoms with Crippen LogP contribution in [-0.2, 0) is 0 Å². The van der Waals surface area contributed by atoms with Gasteiger partial charge in [0.1, 0.15) is 0 Å². The molecule has 1 aromatic rings. The summed E-state index contributed by atoms with van der Waals surface area (Å²) < 4.78 is 18.1. The molecule has 0 aromatic heterocycles. The van der Waals surface area contributed by atoms with E-state index in [9.17, 15) is 4.39 Å². The molecule has 0 fully saturated rings. The van der Waals surface area contributed by atoms with Crippen molar-refractivity contribution in [3.05, 3.63) is 29.1 Å². The third-order valence-corrected chi connectivity index (χ3v) is 2.16. The number of methoxy groups -OCH3 is 1. The first kappa shape index (κ1) is 10.0. The van der Waals surface area contributed by atoms with Crippen molar-refractivity contribution < 1.29 is 9.13 Å². The highest BCUT2D eigenvalue weighted by Gasteiger charge is 2.09. The van der Waals surface area contributed by atoms with E-state index in [4.69, 9.17) is 4.74 Å². The first-order chi connectivity index (χ1) is 6.06. The minimum Gasteiger partial charge on any atom is -0.494 e. The zero-order valence-electron chi connectivity index (χ0n) is 8.52. The van der Waals surface area contributed by atoms with Crippen LogP contribution < -0.4 is 4.74 Å². The summed E-state index contributed by atoms with van der Waals surface area (Å²) in [7, 11) is 1.48. The molecule has 13 heavy (non-hydrogen) atoms. The molecule has 0 unspecified atom stereocenters. The summed E-state index contributed by atoms with van der Waals surface area (Å²) in [5, 5.41) is 0. The fourth-order valence-electron chi connectivity index (χ4n) is 1.45. The SMILES string of the molecule is COc1cc(C(C)C)c(C)cc1F. The normalized spacial score (nSPS) is 10.6. The lowest BCUT2D eigenvalue weighted by Gasteiger charge is -2.12. The average Bonchev–Trinajstić information content (AvgIpc) is 2.03. The van der Waals surface area contributed by atoms with E-state index in [1.807, 2.05) is 6.92 Å². The molecule has 0 saturated heterocycles. The molecule has 1 rings (SSSR count). The molecule has 0 spiro atoms. The van der Waals surface area contributed by atoms with Crippen molar-refractivity contribution in [3.63, 3.8) is 0 Å². The van der Waals surface area contributed by atoms with Gasteiger partial charge in [0.2, 0.25) is 0 Å². The number of ether oxygens (including phenoxy) is 1. The molecule has 1 nitrogen and oxygen atoms in total. The molecule has 0 aliphatic carbocycles. The van der Waals surface area contributed by atoms with Gasteiger partial charge < -0.3 is 4.74 Å². The van der Waals surface area contributed by atoms with Gasteiger partial charge in [0.15, 0.2) is 11.6 Å². The van der Waals surface area contributed by atoms with E-state index >= 15 is 0 Å². The van der Waals surface area contributed by atoms with Crippen LogP contribution in [0.2, 0.25) is 0 Å². The van der Waals surface area contributed by atoms with Gasteiger partial charge in [-0.05, 0) is 36.1 Å². The van der Waals surface area contributed by atoms with E-state index in [1.165, 1.54) is 13.2 Å². The quantitative estimate of drug-likeness (QED) is 0.682. The first-order valence-corrected chi connectivity index (χ1v) is 4.40. The van der Waals surface area contributed by atoms with Crippen molar-refractivity contribution in [1.29, 1.82) is 0 Å². The van der Waals surface area contributed by atoms with Gasteiger partial charge in [0.25, 0.3) is 0 Å². The molecule has 0 heterocycles. The second kappa shape index (κ2) is 3.77.